The number of carbonyl (C=O) groups excluding carboxylic acids is 2. The number of fused-ring (bicyclic) bond motifs is 1. The van der Waals surface area contributed by atoms with Crippen LogP contribution in [0.15, 0.2) is 60.8 Å². The average molecular weight is 357 g/mol. The van der Waals surface area contributed by atoms with Gasteiger partial charge in [-0.15, -0.1) is 0 Å². The second kappa shape index (κ2) is 7.41. The van der Waals surface area contributed by atoms with E-state index in [0.29, 0.717) is 18.5 Å². The summed E-state index contributed by atoms with van der Waals surface area (Å²) in [7, 11) is 0. The first-order valence-electron chi connectivity index (χ1n) is 8.91. The Morgan fingerprint density at radius 2 is 1.89 bits per heavy atom. The molecule has 134 valence electrons. The van der Waals surface area contributed by atoms with Gasteiger partial charge in [0.1, 0.15) is 6.04 Å². The largest absolute Gasteiger partial charge is 0.344 e. The van der Waals surface area contributed by atoms with Gasteiger partial charge in [0, 0.05) is 23.7 Å². The van der Waals surface area contributed by atoms with E-state index < -0.39 is 6.04 Å². The first-order chi connectivity index (χ1) is 13.2. The van der Waals surface area contributed by atoms with Crippen LogP contribution in [0.2, 0.25) is 0 Å². The molecule has 1 fully saturated rings. The predicted octanol–water partition coefficient (Wildman–Crippen LogP) is 3.62. The van der Waals surface area contributed by atoms with Crippen molar-refractivity contribution < 1.29 is 9.59 Å². The fourth-order valence-corrected chi connectivity index (χ4v) is 3.17. The first kappa shape index (κ1) is 17.0. The highest BCUT2D eigenvalue weighted by Gasteiger charge is 2.26. The number of amides is 2. The number of hydrogen-bond acceptors (Lipinski definition) is 3. The van der Waals surface area contributed by atoms with Crippen LogP contribution in [-0.2, 0) is 9.59 Å². The zero-order valence-corrected chi connectivity index (χ0v) is 14.7. The maximum atomic E-state index is 12.1. The molecule has 2 heterocycles. The van der Waals surface area contributed by atoms with Crippen LogP contribution in [0.4, 0.5) is 5.69 Å². The maximum absolute atomic E-state index is 12.1. The summed E-state index contributed by atoms with van der Waals surface area (Å²) in [5.74, 6) is -0.244. The number of hydrogen-bond donors (Lipinski definition) is 2. The summed E-state index contributed by atoms with van der Waals surface area (Å²) in [6, 6.07) is 17.2. The molecule has 0 aliphatic carbocycles. The predicted molar refractivity (Wildman–Crippen MR) is 107 cm³/mol. The van der Waals surface area contributed by atoms with Crippen molar-refractivity contribution in [3.05, 3.63) is 71.9 Å². The summed E-state index contributed by atoms with van der Waals surface area (Å²) in [5, 5.41) is 6.62. The molecule has 0 radical (unpaired) electrons. The van der Waals surface area contributed by atoms with Crippen LogP contribution in [0.3, 0.4) is 0 Å². The molecule has 1 atom stereocenters. The minimum atomic E-state index is -0.433. The molecular weight excluding hydrogens is 338 g/mol. The number of para-hydroxylation sites is 1. The van der Waals surface area contributed by atoms with Gasteiger partial charge in [-0.25, -0.2) is 0 Å². The highest BCUT2D eigenvalue weighted by Crippen LogP contribution is 2.19. The van der Waals surface area contributed by atoms with Gasteiger partial charge in [-0.1, -0.05) is 42.5 Å². The zero-order chi connectivity index (χ0) is 18.6. The fourth-order valence-electron chi connectivity index (χ4n) is 3.17. The van der Waals surface area contributed by atoms with Crippen LogP contribution in [-0.4, -0.2) is 22.8 Å². The number of carbonyl (C=O) groups is 2. The average Bonchev–Trinajstić information content (AvgIpc) is 3.14. The molecule has 27 heavy (non-hydrogen) atoms. The molecule has 1 aliphatic rings. The molecule has 1 saturated heterocycles. The Kier molecular flexibility index (Phi) is 4.66. The number of nitrogens with zero attached hydrogens (tertiary/aromatic N) is 1. The Hall–Kier alpha value is -3.47. The van der Waals surface area contributed by atoms with Crippen molar-refractivity contribution in [3.63, 3.8) is 0 Å². The standard InChI is InChI=1S/C22H19N3O2/c26-21-12-11-20(25-21)22(27)24-17-9-6-15(7-10-17)5-8-16-13-14-23-19-4-2-1-3-18(16)19/h1-10,13-14,20H,11-12H2,(H,24,27)(H,25,26)/b8-5+/t20-/m0/s1. The van der Waals surface area contributed by atoms with E-state index in [4.69, 9.17) is 0 Å². The molecule has 0 bridgehead atoms. The van der Waals surface area contributed by atoms with Gasteiger partial charge in [-0.3, -0.25) is 14.6 Å². The highest BCUT2D eigenvalue weighted by molar-refractivity contribution is 5.99. The molecule has 2 aromatic carbocycles. The van der Waals surface area contributed by atoms with Crippen molar-refractivity contribution in [1.29, 1.82) is 0 Å². The third-order valence-corrected chi connectivity index (χ3v) is 4.63. The second-order valence-electron chi connectivity index (χ2n) is 6.52. The number of pyridine rings is 1. The second-order valence-corrected chi connectivity index (χ2v) is 6.52. The summed E-state index contributed by atoms with van der Waals surface area (Å²) in [4.78, 5) is 27.7. The van der Waals surface area contributed by atoms with Crippen LogP contribution >= 0.6 is 0 Å². The monoisotopic (exact) mass is 357 g/mol. The molecule has 2 amide bonds. The van der Waals surface area contributed by atoms with Gasteiger partial charge in [0.05, 0.1) is 5.52 Å². The summed E-state index contributed by atoms with van der Waals surface area (Å²) >= 11 is 0. The zero-order valence-electron chi connectivity index (χ0n) is 14.7. The maximum Gasteiger partial charge on any atom is 0.246 e. The van der Waals surface area contributed by atoms with Gasteiger partial charge in [0.2, 0.25) is 11.8 Å². The van der Waals surface area contributed by atoms with Gasteiger partial charge in [0.25, 0.3) is 0 Å². The number of benzene rings is 2. The Morgan fingerprint density at radius 1 is 1.07 bits per heavy atom. The molecule has 0 spiro atoms. The summed E-state index contributed by atoms with van der Waals surface area (Å²) < 4.78 is 0. The van der Waals surface area contributed by atoms with E-state index in [1.54, 1.807) is 0 Å². The Morgan fingerprint density at radius 3 is 2.67 bits per heavy atom. The van der Waals surface area contributed by atoms with Gasteiger partial charge >= 0.3 is 0 Å². The third-order valence-electron chi connectivity index (χ3n) is 4.63. The molecule has 2 N–H and O–H groups in total. The summed E-state index contributed by atoms with van der Waals surface area (Å²) in [6.45, 7) is 0. The van der Waals surface area contributed by atoms with Crippen LogP contribution in [0.25, 0.3) is 23.1 Å². The normalized spacial score (nSPS) is 16.6. The van der Waals surface area contributed by atoms with E-state index in [0.717, 1.165) is 22.0 Å². The Labute approximate surface area is 157 Å². The van der Waals surface area contributed by atoms with Crippen molar-refractivity contribution >= 4 is 40.6 Å². The summed E-state index contributed by atoms with van der Waals surface area (Å²) in [6.07, 6.45) is 6.86. The van der Waals surface area contributed by atoms with Gasteiger partial charge < -0.3 is 10.6 Å². The SMILES string of the molecule is O=C1CC[C@@H](C(=O)Nc2ccc(/C=C/c3ccnc4ccccc34)cc2)N1. The topological polar surface area (TPSA) is 71.1 Å². The van der Waals surface area contributed by atoms with Crippen LogP contribution in [0, 0.1) is 0 Å². The van der Waals surface area contributed by atoms with Gasteiger partial charge in [-0.05, 0) is 41.8 Å². The van der Waals surface area contributed by atoms with Crippen molar-refractivity contribution in [2.24, 2.45) is 0 Å². The van der Waals surface area contributed by atoms with Crippen LogP contribution in [0.5, 0.6) is 0 Å². The molecular formula is C22H19N3O2. The van der Waals surface area contributed by atoms with E-state index in [-0.39, 0.29) is 11.8 Å². The number of nitrogens with one attached hydrogen (secondary N) is 2. The molecule has 1 aliphatic heterocycles. The minimum absolute atomic E-state index is 0.0701. The summed E-state index contributed by atoms with van der Waals surface area (Å²) in [5.41, 5.74) is 3.82. The quantitative estimate of drug-likeness (QED) is 0.749. The van der Waals surface area contributed by atoms with Crippen LogP contribution in [0.1, 0.15) is 24.0 Å². The first-order valence-corrected chi connectivity index (χ1v) is 8.91. The molecule has 5 heteroatoms. The number of rotatable bonds is 4. The van der Waals surface area contributed by atoms with Gasteiger partial charge in [-0.2, -0.15) is 0 Å². The lowest BCUT2D eigenvalue weighted by Crippen LogP contribution is -2.37. The van der Waals surface area contributed by atoms with E-state index >= 15 is 0 Å². The Bertz CT molecular complexity index is 1020. The smallest absolute Gasteiger partial charge is 0.246 e. The molecule has 0 unspecified atom stereocenters. The molecule has 1 aromatic heterocycles. The molecule has 5 nitrogen and oxygen atoms in total. The lowest BCUT2D eigenvalue weighted by Gasteiger charge is -2.11. The van der Waals surface area contributed by atoms with Crippen molar-refractivity contribution in [2.45, 2.75) is 18.9 Å². The van der Waals surface area contributed by atoms with E-state index in [9.17, 15) is 9.59 Å². The van der Waals surface area contributed by atoms with Crippen molar-refractivity contribution in [3.8, 4) is 0 Å². The third kappa shape index (κ3) is 3.87. The molecule has 4 rings (SSSR count). The lowest BCUT2D eigenvalue weighted by atomic mass is 10.1. The minimum Gasteiger partial charge on any atom is -0.344 e. The van der Waals surface area contributed by atoms with E-state index in [2.05, 4.69) is 27.8 Å². The Balaban J connectivity index is 1.45. The number of anilines is 1. The van der Waals surface area contributed by atoms with Gasteiger partial charge in [0.15, 0.2) is 0 Å². The lowest BCUT2D eigenvalue weighted by molar-refractivity contribution is -0.122. The van der Waals surface area contributed by atoms with E-state index in [1.807, 2.05) is 60.8 Å². The van der Waals surface area contributed by atoms with E-state index in [1.165, 1.54) is 0 Å². The van der Waals surface area contributed by atoms with Crippen LogP contribution < -0.4 is 10.6 Å². The molecule has 3 aromatic rings. The molecule has 0 saturated carbocycles. The highest BCUT2D eigenvalue weighted by atomic mass is 16.2. The fraction of sp³-hybridized carbons (Fsp3) is 0.136. The van der Waals surface area contributed by atoms with Crippen molar-refractivity contribution in [1.82, 2.24) is 10.3 Å². The van der Waals surface area contributed by atoms with Crippen molar-refractivity contribution in [2.75, 3.05) is 5.32 Å². The number of aromatic nitrogens is 1.